The Morgan fingerprint density at radius 2 is 2.05 bits per heavy atom. The van der Waals surface area contributed by atoms with Gasteiger partial charge in [0, 0.05) is 18.4 Å². The lowest BCUT2D eigenvalue weighted by atomic mass is 10.2. The number of nitrogens with zero attached hydrogens (tertiary/aromatic N) is 1. The summed E-state index contributed by atoms with van der Waals surface area (Å²) in [5.74, 6) is -1.60. The van der Waals surface area contributed by atoms with Crippen LogP contribution < -0.4 is 10.8 Å². The smallest absolute Gasteiger partial charge is 0.333 e. The van der Waals surface area contributed by atoms with Crippen molar-refractivity contribution in [2.45, 2.75) is 19.9 Å². The van der Waals surface area contributed by atoms with Crippen LogP contribution in [0.3, 0.4) is 0 Å². The van der Waals surface area contributed by atoms with E-state index in [-0.39, 0.29) is 0 Å². The highest BCUT2D eigenvalue weighted by Gasteiger charge is 2.13. The summed E-state index contributed by atoms with van der Waals surface area (Å²) in [7, 11) is 1.27. The molecule has 1 aromatic heterocycles. The number of aromatic nitrogens is 1. The molecule has 6 heteroatoms. The lowest BCUT2D eigenvalue weighted by Gasteiger charge is -2.07. The molecule has 0 aliphatic heterocycles. The van der Waals surface area contributed by atoms with Gasteiger partial charge in [-0.25, -0.2) is 5.48 Å². The molecule has 6 nitrogen and oxygen atoms in total. The molecule has 0 saturated heterocycles. The standard InChI is InChI=1S/C14H17N3O3/c1-3-7-17-8-6-10-4-5-11(9-12(10)17)15-13(18)14(19)16-20-2/h4-6,8-9H,3,7H2,1-2H3,(H,15,18)(H,16,19). The first kappa shape index (κ1) is 14.1. The second-order valence-corrected chi connectivity index (χ2v) is 4.37. The van der Waals surface area contributed by atoms with Gasteiger partial charge in [-0.3, -0.25) is 14.4 Å². The number of carbonyl (C=O) groups excluding carboxylic acids is 2. The lowest BCUT2D eigenvalue weighted by Crippen LogP contribution is -2.34. The van der Waals surface area contributed by atoms with Crippen LogP contribution in [-0.4, -0.2) is 23.5 Å². The van der Waals surface area contributed by atoms with Gasteiger partial charge >= 0.3 is 11.8 Å². The first-order valence-corrected chi connectivity index (χ1v) is 6.39. The maximum absolute atomic E-state index is 11.6. The minimum atomic E-state index is -0.837. The number of rotatable bonds is 4. The summed E-state index contributed by atoms with van der Waals surface area (Å²) in [6, 6.07) is 7.54. The van der Waals surface area contributed by atoms with Crippen LogP contribution in [0.25, 0.3) is 10.9 Å². The summed E-state index contributed by atoms with van der Waals surface area (Å²) < 4.78 is 2.11. The Balaban J connectivity index is 2.20. The number of fused-ring (bicyclic) bond motifs is 1. The number of nitrogens with one attached hydrogen (secondary N) is 2. The molecule has 2 rings (SSSR count). The zero-order valence-electron chi connectivity index (χ0n) is 11.5. The zero-order valence-corrected chi connectivity index (χ0v) is 11.5. The molecule has 1 aromatic carbocycles. The Labute approximate surface area is 116 Å². The van der Waals surface area contributed by atoms with E-state index in [4.69, 9.17) is 0 Å². The molecule has 106 valence electrons. The summed E-state index contributed by atoms with van der Waals surface area (Å²) in [5, 5.41) is 3.63. The molecule has 0 bridgehead atoms. The highest BCUT2D eigenvalue weighted by atomic mass is 16.6. The van der Waals surface area contributed by atoms with Crippen molar-refractivity contribution < 1.29 is 14.4 Å². The Morgan fingerprint density at radius 3 is 2.75 bits per heavy atom. The van der Waals surface area contributed by atoms with Crippen molar-refractivity contribution in [1.29, 1.82) is 0 Å². The predicted octanol–water partition coefficient (Wildman–Crippen LogP) is 1.67. The van der Waals surface area contributed by atoms with E-state index >= 15 is 0 Å². The van der Waals surface area contributed by atoms with E-state index in [9.17, 15) is 9.59 Å². The van der Waals surface area contributed by atoms with Crippen LogP contribution in [0.2, 0.25) is 0 Å². The van der Waals surface area contributed by atoms with Gasteiger partial charge in [0.05, 0.1) is 12.6 Å². The van der Waals surface area contributed by atoms with Crippen molar-refractivity contribution in [2.24, 2.45) is 0 Å². The van der Waals surface area contributed by atoms with Gasteiger partial charge in [-0.05, 0) is 30.0 Å². The molecule has 0 unspecified atom stereocenters. The highest BCUT2D eigenvalue weighted by Crippen LogP contribution is 2.20. The first-order chi connectivity index (χ1) is 9.65. The van der Waals surface area contributed by atoms with Crippen molar-refractivity contribution in [3.63, 3.8) is 0 Å². The van der Waals surface area contributed by atoms with Crippen molar-refractivity contribution in [3.05, 3.63) is 30.5 Å². The molecule has 0 atom stereocenters. The third-order valence-electron chi connectivity index (χ3n) is 2.90. The number of hydroxylamine groups is 1. The minimum Gasteiger partial charge on any atom is -0.347 e. The van der Waals surface area contributed by atoms with Crippen LogP contribution in [0, 0.1) is 0 Å². The van der Waals surface area contributed by atoms with Gasteiger partial charge in [0.15, 0.2) is 0 Å². The number of carbonyl (C=O) groups is 2. The fourth-order valence-electron chi connectivity index (χ4n) is 2.02. The third kappa shape index (κ3) is 2.97. The molecule has 2 amide bonds. The van der Waals surface area contributed by atoms with Crippen LogP contribution in [0.1, 0.15) is 13.3 Å². The summed E-state index contributed by atoms with van der Waals surface area (Å²) in [5.41, 5.74) is 3.57. The summed E-state index contributed by atoms with van der Waals surface area (Å²) in [4.78, 5) is 27.3. The highest BCUT2D eigenvalue weighted by molar-refractivity contribution is 6.39. The second kappa shape index (κ2) is 6.21. The van der Waals surface area contributed by atoms with Crippen molar-refractivity contribution in [1.82, 2.24) is 10.0 Å². The van der Waals surface area contributed by atoms with Gasteiger partial charge in [0.25, 0.3) is 0 Å². The monoisotopic (exact) mass is 275 g/mol. The van der Waals surface area contributed by atoms with Crippen LogP contribution >= 0.6 is 0 Å². The van der Waals surface area contributed by atoms with E-state index in [1.165, 1.54) is 7.11 Å². The van der Waals surface area contributed by atoms with E-state index in [1.807, 2.05) is 29.9 Å². The topological polar surface area (TPSA) is 72.4 Å². The Morgan fingerprint density at radius 1 is 1.25 bits per heavy atom. The molecular formula is C14H17N3O3. The van der Waals surface area contributed by atoms with Gasteiger partial charge < -0.3 is 9.88 Å². The van der Waals surface area contributed by atoms with E-state index in [0.717, 1.165) is 23.9 Å². The Hall–Kier alpha value is -2.34. The van der Waals surface area contributed by atoms with Crippen LogP contribution in [-0.2, 0) is 21.0 Å². The number of aryl methyl sites for hydroxylation is 1. The maximum atomic E-state index is 11.6. The number of amides is 2. The van der Waals surface area contributed by atoms with E-state index in [1.54, 1.807) is 6.07 Å². The first-order valence-electron chi connectivity index (χ1n) is 6.39. The SMILES string of the molecule is CCCn1ccc2ccc(NC(=O)C(=O)NOC)cc21. The average Bonchev–Trinajstić information content (AvgIpc) is 2.82. The fraction of sp³-hybridized carbons (Fsp3) is 0.286. The van der Waals surface area contributed by atoms with Crippen LogP contribution in [0.15, 0.2) is 30.5 Å². The van der Waals surface area contributed by atoms with E-state index in [2.05, 4.69) is 21.6 Å². The van der Waals surface area contributed by atoms with Gasteiger partial charge in [-0.2, -0.15) is 0 Å². The Bertz CT molecular complexity index is 634. The van der Waals surface area contributed by atoms with Crippen molar-refractivity contribution >= 4 is 28.4 Å². The number of benzene rings is 1. The van der Waals surface area contributed by atoms with Gasteiger partial charge in [0.1, 0.15) is 0 Å². The largest absolute Gasteiger partial charge is 0.347 e. The maximum Gasteiger partial charge on any atom is 0.333 e. The van der Waals surface area contributed by atoms with Crippen LogP contribution in [0.5, 0.6) is 0 Å². The number of hydrogen-bond acceptors (Lipinski definition) is 3. The predicted molar refractivity (Wildman–Crippen MR) is 76.0 cm³/mol. The molecule has 1 heterocycles. The molecule has 0 radical (unpaired) electrons. The third-order valence-corrected chi connectivity index (χ3v) is 2.90. The average molecular weight is 275 g/mol. The summed E-state index contributed by atoms with van der Waals surface area (Å²) in [6.45, 7) is 3.01. The molecule has 2 N–H and O–H groups in total. The Kier molecular flexibility index (Phi) is 4.37. The van der Waals surface area contributed by atoms with Crippen LogP contribution in [0.4, 0.5) is 5.69 Å². The van der Waals surface area contributed by atoms with Crippen molar-refractivity contribution in [3.8, 4) is 0 Å². The molecule has 0 fully saturated rings. The minimum absolute atomic E-state index is 0.574. The second-order valence-electron chi connectivity index (χ2n) is 4.37. The molecule has 0 aliphatic carbocycles. The number of anilines is 1. The molecule has 0 saturated carbocycles. The molecule has 0 aliphatic rings. The van der Waals surface area contributed by atoms with Gasteiger partial charge in [-0.1, -0.05) is 13.0 Å². The molecular weight excluding hydrogens is 258 g/mol. The van der Waals surface area contributed by atoms with Gasteiger partial charge in [0.2, 0.25) is 0 Å². The summed E-state index contributed by atoms with van der Waals surface area (Å²) in [6.07, 6.45) is 3.04. The lowest BCUT2D eigenvalue weighted by molar-refractivity contribution is -0.142. The zero-order chi connectivity index (χ0) is 14.5. The summed E-state index contributed by atoms with van der Waals surface area (Å²) >= 11 is 0. The van der Waals surface area contributed by atoms with E-state index < -0.39 is 11.8 Å². The van der Waals surface area contributed by atoms with E-state index in [0.29, 0.717) is 5.69 Å². The fourth-order valence-corrected chi connectivity index (χ4v) is 2.02. The number of hydrogen-bond donors (Lipinski definition) is 2. The van der Waals surface area contributed by atoms with Gasteiger partial charge in [-0.15, -0.1) is 0 Å². The quantitative estimate of drug-likeness (QED) is 0.658. The molecule has 2 aromatic rings. The van der Waals surface area contributed by atoms with Crippen molar-refractivity contribution in [2.75, 3.05) is 12.4 Å². The molecule has 20 heavy (non-hydrogen) atoms. The molecule has 0 spiro atoms. The normalized spacial score (nSPS) is 10.5.